The minimum Gasteiger partial charge on any atom is -0.469 e. The highest BCUT2D eigenvalue weighted by atomic mass is 16.7. The molecule has 2 aliphatic heterocycles. The van der Waals surface area contributed by atoms with Crippen molar-refractivity contribution in [3.63, 3.8) is 0 Å². The third-order valence-electron chi connectivity index (χ3n) is 4.93. The number of methoxy groups -OCH3 is 1. The molecule has 0 amide bonds. The van der Waals surface area contributed by atoms with Crippen molar-refractivity contribution in [1.29, 1.82) is 0 Å². The third-order valence-corrected chi connectivity index (χ3v) is 4.93. The van der Waals surface area contributed by atoms with Gasteiger partial charge < -0.3 is 9.30 Å². The van der Waals surface area contributed by atoms with Crippen molar-refractivity contribution in [2.24, 2.45) is 13.0 Å². The quantitative estimate of drug-likeness (QED) is 0.599. The van der Waals surface area contributed by atoms with Gasteiger partial charge in [-0.2, -0.15) is 5.06 Å². The number of hydrogen-bond acceptors (Lipinski definition) is 4. The van der Waals surface area contributed by atoms with Crippen molar-refractivity contribution in [2.45, 2.75) is 12.5 Å². The molecule has 2 aliphatic rings. The van der Waals surface area contributed by atoms with Crippen LogP contribution in [0, 0.1) is 5.92 Å². The highest BCUT2D eigenvalue weighted by molar-refractivity contribution is 5.86. The summed E-state index contributed by atoms with van der Waals surface area (Å²) < 4.78 is 7.24. The summed E-state index contributed by atoms with van der Waals surface area (Å²) in [5, 5.41) is 3.21. The number of para-hydroxylation sites is 1. The van der Waals surface area contributed by atoms with Gasteiger partial charge in [0.2, 0.25) is 0 Å². The number of ether oxygens (including phenoxy) is 1. The molecule has 1 unspecified atom stereocenters. The third kappa shape index (κ3) is 2.11. The van der Waals surface area contributed by atoms with Crippen molar-refractivity contribution in [3.8, 4) is 0 Å². The van der Waals surface area contributed by atoms with E-state index in [2.05, 4.69) is 29.8 Å². The number of aromatic nitrogens is 1. The van der Waals surface area contributed by atoms with Gasteiger partial charge in [0.15, 0.2) is 0 Å². The summed E-state index contributed by atoms with van der Waals surface area (Å²) in [7, 11) is 3.51. The first-order valence-electron chi connectivity index (χ1n) is 7.92. The molecule has 0 radical (unpaired) electrons. The van der Waals surface area contributed by atoms with E-state index in [1.54, 1.807) is 0 Å². The first-order valence-corrected chi connectivity index (χ1v) is 7.92. The maximum Gasteiger partial charge on any atom is 0.314 e. The van der Waals surface area contributed by atoms with E-state index in [-0.39, 0.29) is 17.9 Å². The van der Waals surface area contributed by atoms with E-state index >= 15 is 0 Å². The number of fused-ring (bicyclic) bond motifs is 5. The van der Waals surface area contributed by atoms with E-state index in [0.29, 0.717) is 6.61 Å². The van der Waals surface area contributed by atoms with Crippen molar-refractivity contribution >= 4 is 16.9 Å². The minimum absolute atomic E-state index is 0.151. The van der Waals surface area contributed by atoms with Gasteiger partial charge >= 0.3 is 5.97 Å². The number of hydrogen-bond donors (Lipinski definition) is 0. The Kier molecular flexibility index (Phi) is 3.47. The molecule has 0 saturated carbocycles. The topological polar surface area (TPSA) is 43.7 Å². The lowest BCUT2D eigenvalue weighted by Gasteiger charge is -2.36. The molecule has 23 heavy (non-hydrogen) atoms. The zero-order valence-corrected chi connectivity index (χ0v) is 13.4. The maximum atomic E-state index is 12.3. The van der Waals surface area contributed by atoms with Gasteiger partial charge in [0.1, 0.15) is 0 Å². The molecule has 1 aromatic carbocycles. The molecule has 0 N–H and O–H groups in total. The Labute approximate surface area is 135 Å². The monoisotopic (exact) mass is 312 g/mol. The Morgan fingerprint density at radius 3 is 3.00 bits per heavy atom. The Bertz CT molecular complexity index is 793. The fraction of sp³-hybridized carbons (Fsp3) is 0.389. The van der Waals surface area contributed by atoms with Crippen molar-refractivity contribution in [3.05, 3.63) is 47.7 Å². The summed E-state index contributed by atoms with van der Waals surface area (Å²) in [5.41, 5.74) is 3.66. The van der Waals surface area contributed by atoms with Gasteiger partial charge in [-0.3, -0.25) is 9.63 Å². The number of rotatable bonds is 1. The van der Waals surface area contributed by atoms with Crippen LogP contribution in [0.4, 0.5) is 0 Å². The van der Waals surface area contributed by atoms with Gasteiger partial charge in [-0.05, 0) is 18.1 Å². The molecule has 3 heterocycles. The van der Waals surface area contributed by atoms with Crippen LogP contribution < -0.4 is 0 Å². The van der Waals surface area contributed by atoms with Crippen molar-refractivity contribution < 1.29 is 14.4 Å². The molecular formula is C18H20N2O3. The Hall–Kier alpha value is -2.11. The SMILES string of the molecule is COC(=O)[C@@H]1C=CCON2CCc3c(n(C)c4ccccc34)C12. The normalized spacial score (nSPS) is 24.1. The smallest absolute Gasteiger partial charge is 0.314 e. The van der Waals surface area contributed by atoms with E-state index in [9.17, 15) is 4.79 Å². The fourth-order valence-electron chi connectivity index (χ4n) is 3.91. The number of carbonyl (C=O) groups excluding carboxylic acids is 1. The van der Waals surface area contributed by atoms with Crippen LogP contribution >= 0.6 is 0 Å². The summed E-state index contributed by atoms with van der Waals surface area (Å²) in [6, 6.07) is 8.24. The molecule has 0 fully saturated rings. The summed E-state index contributed by atoms with van der Waals surface area (Å²) in [6.07, 6.45) is 4.74. The fourth-order valence-corrected chi connectivity index (χ4v) is 3.91. The minimum atomic E-state index is -0.357. The number of esters is 1. The van der Waals surface area contributed by atoms with Gasteiger partial charge in [-0.15, -0.1) is 0 Å². The molecule has 0 saturated heterocycles. The van der Waals surface area contributed by atoms with Gasteiger partial charge in [0.25, 0.3) is 0 Å². The van der Waals surface area contributed by atoms with Crippen LogP contribution in [-0.2, 0) is 27.8 Å². The highest BCUT2D eigenvalue weighted by Crippen LogP contribution is 2.41. The van der Waals surface area contributed by atoms with Crippen LogP contribution in [0.25, 0.3) is 10.9 Å². The van der Waals surface area contributed by atoms with Crippen LogP contribution in [0.1, 0.15) is 17.3 Å². The zero-order chi connectivity index (χ0) is 16.0. The Balaban J connectivity index is 1.93. The standard InChI is InChI=1S/C18H20N2O3/c1-19-15-8-4-3-6-12(15)13-9-10-20-17(16(13)19)14(18(21)22-2)7-5-11-23-20/h3-8,14,17H,9-11H2,1-2H3/t14-,17?/m1/s1. The molecule has 120 valence electrons. The number of carbonyl (C=O) groups is 1. The number of nitrogens with zero attached hydrogens (tertiary/aromatic N) is 2. The lowest BCUT2D eigenvalue weighted by Crippen LogP contribution is -2.41. The van der Waals surface area contributed by atoms with Gasteiger partial charge in [0, 0.05) is 30.2 Å². The number of benzene rings is 1. The molecule has 1 aromatic heterocycles. The van der Waals surface area contributed by atoms with Crippen molar-refractivity contribution in [2.75, 3.05) is 20.3 Å². The molecule has 2 aromatic rings. The van der Waals surface area contributed by atoms with Gasteiger partial charge in [0.05, 0.1) is 25.7 Å². The molecule has 0 aliphatic carbocycles. The zero-order valence-electron chi connectivity index (χ0n) is 13.4. The molecule has 4 rings (SSSR count). The average Bonchev–Trinajstić information content (AvgIpc) is 2.75. The second kappa shape index (κ2) is 5.51. The molecule has 0 bridgehead atoms. The molecule has 5 nitrogen and oxygen atoms in total. The first-order chi connectivity index (χ1) is 11.2. The lowest BCUT2D eigenvalue weighted by molar-refractivity contribution is -0.194. The van der Waals surface area contributed by atoms with Crippen molar-refractivity contribution in [1.82, 2.24) is 9.63 Å². The summed E-state index contributed by atoms with van der Waals surface area (Å²) >= 11 is 0. The van der Waals surface area contributed by atoms with Crippen LogP contribution in [0.3, 0.4) is 0 Å². The van der Waals surface area contributed by atoms with Gasteiger partial charge in [-0.1, -0.05) is 30.4 Å². The van der Waals surface area contributed by atoms with Crippen LogP contribution in [0.2, 0.25) is 0 Å². The van der Waals surface area contributed by atoms with Gasteiger partial charge in [-0.25, -0.2) is 0 Å². The summed E-state index contributed by atoms with van der Waals surface area (Å²) in [4.78, 5) is 18.2. The maximum absolute atomic E-state index is 12.3. The first kappa shape index (κ1) is 14.5. The second-order valence-electron chi connectivity index (χ2n) is 6.05. The van der Waals surface area contributed by atoms with Crippen LogP contribution in [0.15, 0.2) is 36.4 Å². The van der Waals surface area contributed by atoms with E-state index in [4.69, 9.17) is 9.57 Å². The van der Waals surface area contributed by atoms with E-state index in [1.165, 1.54) is 23.6 Å². The predicted molar refractivity (Wildman–Crippen MR) is 86.7 cm³/mol. The molecule has 5 heteroatoms. The van der Waals surface area contributed by atoms with E-state index < -0.39 is 0 Å². The summed E-state index contributed by atoms with van der Waals surface area (Å²) in [5.74, 6) is -0.579. The second-order valence-corrected chi connectivity index (χ2v) is 6.05. The van der Waals surface area contributed by atoms with E-state index in [1.807, 2.05) is 23.3 Å². The Morgan fingerprint density at radius 1 is 1.35 bits per heavy atom. The predicted octanol–water partition coefficient (Wildman–Crippen LogP) is 2.37. The molecule has 0 spiro atoms. The molecular weight excluding hydrogens is 292 g/mol. The number of hydroxylamine groups is 2. The number of aryl methyl sites for hydroxylation is 1. The van der Waals surface area contributed by atoms with Crippen LogP contribution in [0.5, 0.6) is 0 Å². The Morgan fingerprint density at radius 2 is 2.17 bits per heavy atom. The summed E-state index contributed by atoms with van der Waals surface area (Å²) in [6.45, 7) is 1.27. The highest BCUT2D eigenvalue weighted by Gasteiger charge is 2.41. The lowest BCUT2D eigenvalue weighted by atomic mass is 9.89. The average molecular weight is 312 g/mol. The van der Waals surface area contributed by atoms with E-state index in [0.717, 1.165) is 18.7 Å². The molecule has 2 atom stereocenters. The van der Waals surface area contributed by atoms with Crippen LogP contribution in [-0.4, -0.2) is 35.9 Å². The largest absolute Gasteiger partial charge is 0.469 e.